The van der Waals surface area contributed by atoms with E-state index in [0.29, 0.717) is 6.07 Å². The van der Waals surface area contributed by atoms with Crippen molar-refractivity contribution in [3.8, 4) is 11.5 Å². The third-order valence-electron chi connectivity index (χ3n) is 3.53. The number of carbonyl (C=O) groups is 3. The maximum Gasteiger partial charge on any atom is 0.446 e. The Labute approximate surface area is 140 Å². The normalized spacial score (nSPS) is 13.2. The quantitative estimate of drug-likeness (QED) is 0.578. The molecule has 1 aliphatic carbocycles. The van der Waals surface area contributed by atoms with Crippen molar-refractivity contribution in [2.24, 2.45) is 0 Å². The van der Waals surface area contributed by atoms with Gasteiger partial charge in [0.1, 0.15) is 5.75 Å². The molecular weight excluding hydrogens is 356 g/mol. The van der Waals surface area contributed by atoms with Gasteiger partial charge in [-0.1, -0.05) is 12.1 Å². The van der Waals surface area contributed by atoms with Gasteiger partial charge in [-0.05, 0) is 18.2 Å². The Hall–Kier alpha value is -3.24. The van der Waals surface area contributed by atoms with Crippen molar-refractivity contribution in [1.82, 2.24) is 0 Å². The highest BCUT2D eigenvalue weighted by Gasteiger charge is 2.36. The molecule has 0 heterocycles. The molecule has 128 valence electrons. The molecule has 3 rings (SSSR count). The number of hydrogen-bond donors (Lipinski definition) is 3. The molecule has 2 aromatic rings. The maximum atomic E-state index is 12.6. The van der Waals surface area contributed by atoms with Crippen LogP contribution in [0.3, 0.4) is 0 Å². The van der Waals surface area contributed by atoms with E-state index in [4.69, 9.17) is 9.66 Å². The van der Waals surface area contributed by atoms with Crippen LogP contribution < -0.4 is 4.18 Å². The van der Waals surface area contributed by atoms with Crippen LogP contribution in [0.25, 0.3) is 0 Å². The van der Waals surface area contributed by atoms with Crippen LogP contribution in [0, 0.1) is 0 Å². The minimum absolute atomic E-state index is 0.169. The second-order valence-electron chi connectivity index (χ2n) is 5.07. The number of aromatic carboxylic acids is 1. The number of ketones is 2. The molecule has 0 amide bonds. The first-order valence-electron chi connectivity index (χ1n) is 6.60. The van der Waals surface area contributed by atoms with Gasteiger partial charge in [0.2, 0.25) is 5.78 Å². The fourth-order valence-electron chi connectivity index (χ4n) is 2.57. The van der Waals surface area contributed by atoms with E-state index >= 15 is 0 Å². The average molecular weight is 364 g/mol. The average Bonchev–Trinajstić information content (AvgIpc) is 2.50. The lowest BCUT2D eigenvalue weighted by molar-refractivity contribution is 0.0695. The minimum Gasteiger partial charge on any atom is -0.507 e. The third kappa shape index (κ3) is 2.73. The van der Waals surface area contributed by atoms with Crippen LogP contribution >= 0.6 is 0 Å². The minimum atomic E-state index is -5.10. The summed E-state index contributed by atoms with van der Waals surface area (Å²) in [4.78, 5) is 36.4. The van der Waals surface area contributed by atoms with E-state index in [-0.39, 0.29) is 11.1 Å². The topological polar surface area (TPSA) is 155 Å². The van der Waals surface area contributed by atoms with Gasteiger partial charge in [0.25, 0.3) is 0 Å². The van der Waals surface area contributed by atoms with Crippen LogP contribution in [-0.4, -0.2) is 40.7 Å². The first-order chi connectivity index (χ1) is 11.6. The van der Waals surface area contributed by atoms with Gasteiger partial charge in [0.15, 0.2) is 11.5 Å². The van der Waals surface area contributed by atoms with Crippen molar-refractivity contribution in [2.45, 2.75) is 0 Å². The number of benzene rings is 2. The molecule has 2 aromatic carbocycles. The molecular formula is C15H8O9S. The van der Waals surface area contributed by atoms with Crippen LogP contribution in [-0.2, 0) is 10.4 Å². The Balaban J connectivity index is 2.37. The molecule has 0 radical (unpaired) electrons. The standard InChI is InChI=1S/C15H8O9S/c16-9-3-1-2-7-11(9)14(18)12-8(13(7)17)4-6(15(19)20)5-10(12)24-25(21,22)23/h1-5,16H,(H,19,20)(H,21,22,23). The number of carbonyl (C=O) groups excluding carboxylic acids is 2. The fourth-order valence-corrected chi connectivity index (χ4v) is 2.93. The number of aromatic hydroxyl groups is 1. The van der Waals surface area contributed by atoms with Gasteiger partial charge in [0.05, 0.1) is 16.7 Å². The number of phenols is 1. The Morgan fingerprint density at radius 1 is 1.00 bits per heavy atom. The van der Waals surface area contributed by atoms with Crippen LogP contribution in [0.1, 0.15) is 42.2 Å². The SMILES string of the molecule is O=C(O)c1cc(OS(=O)(=O)O)c2c(c1)C(=O)c1cccc(O)c1C2=O. The first kappa shape index (κ1) is 16.6. The molecule has 3 N–H and O–H groups in total. The fraction of sp³-hybridized carbons (Fsp3) is 0. The van der Waals surface area contributed by atoms with E-state index in [2.05, 4.69) is 4.18 Å². The molecule has 0 saturated carbocycles. The summed E-state index contributed by atoms with van der Waals surface area (Å²) in [5, 5.41) is 19.0. The smallest absolute Gasteiger partial charge is 0.446 e. The lowest BCUT2D eigenvalue weighted by atomic mass is 9.82. The number of carboxylic acids is 1. The van der Waals surface area contributed by atoms with Crippen molar-refractivity contribution in [2.75, 3.05) is 0 Å². The summed E-state index contributed by atoms with van der Waals surface area (Å²) in [6.07, 6.45) is 0. The van der Waals surface area contributed by atoms with Crippen LogP contribution in [0.2, 0.25) is 0 Å². The number of hydrogen-bond acceptors (Lipinski definition) is 7. The highest BCUT2D eigenvalue weighted by Crippen LogP contribution is 2.38. The predicted molar refractivity (Wildman–Crippen MR) is 80.5 cm³/mol. The Morgan fingerprint density at radius 2 is 1.68 bits per heavy atom. The summed E-state index contributed by atoms with van der Waals surface area (Å²) in [6.45, 7) is 0. The monoisotopic (exact) mass is 364 g/mol. The van der Waals surface area contributed by atoms with Gasteiger partial charge >= 0.3 is 16.4 Å². The molecule has 0 saturated heterocycles. The largest absolute Gasteiger partial charge is 0.507 e. The molecule has 0 aromatic heterocycles. The summed E-state index contributed by atoms with van der Waals surface area (Å²) in [6, 6.07) is 5.31. The van der Waals surface area contributed by atoms with Crippen molar-refractivity contribution in [3.05, 3.63) is 58.1 Å². The van der Waals surface area contributed by atoms with Gasteiger partial charge in [-0.2, -0.15) is 8.42 Å². The summed E-state index contributed by atoms with van der Waals surface area (Å²) >= 11 is 0. The second kappa shape index (κ2) is 5.40. The number of fused-ring (bicyclic) bond motifs is 2. The van der Waals surface area contributed by atoms with Crippen LogP contribution in [0.5, 0.6) is 11.5 Å². The molecule has 1 aliphatic rings. The Morgan fingerprint density at radius 3 is 2.28 bits per heavy atom. The van der Waals surface area contributed by atoms with Gasteiger partial charge < -0.3 is 14.4 Å². The predicted octanol–water partition coefficient (Wildman–Crippen LogP) is 1.05. The molecule has 0 fully saturated rings. The lowest BCUT2D eigenvalue weighted by Crippen LogP contribution is -2.23. The first-order valence-corrected chi connectivity index (χ1v) is 7.96. The van der Waals surface area contributed by atoms with Gasteiger partial charge in [-0.3, -0.25) is 14.1 Å². The molecule has 0 unspecified atom stereocenters. The zero-order chi connectivity index (χ0) is 18.5. The maximum absolute atomic E-state index is 12.6. The summed E-state index contributed by atoms with van der Waals surface area (Å²) < 4.78 is 35.2. The number of carboxylic acid groups (broad SMARTS) is 1. The van der Waals surface area contributed by atoms with Crippen LogP contribution in [0.4, 0.5) is 0 Å². The Kier molecular flexibility index (Phi) is 3.59. The second-order valence-corrected chi connectivity index (χ2v) is 6.09. The van der Waals surface area contributed by atoms with Crippen molar-refractivity contribution in [1.29, 1.82) is 0 Å². The molecule has 0 spiro atoms. The summed E-state index contributed by atoms with van der Waals surface area (Å²) in [5.41, 5.74) is -2.05. The van der Waals surface area contributed by atoms with Crippen molar-refractivity contribution < 1.29 is 41.8 Å². The van der Waals surface area contributed by atoms with E-state index in [1.807, 2.05) is 0 Å². The van der Waals surface area contributed by atoms with E-state index in [1.165, 1.54) is 12.1 Å². The van der Waals surface area contributed by atoms with Crippen molar-refractivity contribution >= 4 is 27.9 Å². The van der Waals surface area contributed by atoms with E-state index in [0.717, 1.165) is 12.1 Å². The highest BCUT2D eigenvalue weighted by atomic mass is 32.3. The highest BCUT2D eigenvalue weighted by molar-refractivity contribution is 7.81. The Bertz CT molecular complexity index is 1070. The van der Waals surface area contributed by atoms with Crippen LogP contribution in [0.15, 0.2) is 30.3 Å². The zero-order valence-corrected chi connectivity index (χ0v) is 12.9. The third-order valence-corrected chi connectivity index (χ3v) is 3.92. The molecule has 0 aliphatic heterocycles. The lowest BCUT2D eigenvalue weighted by Gasteiger charge is -2.20. The molecule has 25 heavy (non-hydrogen) atoms. The van der Waals surface area contributed by atoms with Gasteiger partial charge in [-0.15, -0.1) is 0 Å². The van der Waals surface area contributed by atoms with E-state index in [1.54, 1.807) is 0 Å². The molecule has 9 nitrogen and oxygen atoms in total. The summed E-state index contributed by atoms with van der Waals surface area (Å²) in [5.74, 6) is -4.60. The number of rotatable bonds is 3. The number of phenolic OH excluding ortho intramolecular Hbond substituents is 1. The zero-order valence-electron chi connectivity index (χ0n) is 12.1. The molecule has 0 atom stereocenters. The van der Waals surface area contributed by atoms with Crippen molar-refractivity contribution in [3.63, 3.8) is 0 Å². The molecule has 0 bridgehead atoms. The summed E-state index contributed by atoms with van der Waals surface area (Å²) in [7, 11) is -5.10. The van der Waals surface area contributed by atoms with E-state index < -0.39 is 56.1 Å². The van der Waals surface area contributed by atoms with E-state index in [9.17, 15) is 27.9 Å². The van der Waals surface area contributed by atoms with Gasteiger partial charge in [-0.25, -0.2) is 4.79 Å². The van der Waals surface area contributed by atoms with Gasteiger partial charge in [0, 0.05) is 11.1 Å². The molecule has 10 heteroatoms.